The molecule has 0 bridgehead atoms. The molecule has 0 aliphatic rings. The van der Waals surface area contributed by atoms with Gasteiger partial charge in [0.25, 0.3) is 0 Å². The molecule has 0 rings (SSSR count). The Balaban J connectivity index is -0.000000271. The van der Waals surface area contributed by atoms with Crippen molar-refractivity contribution in [2.45, 2.75) is 79.4 Å². The average molecular weight is 605 g/mol. The summed E-state index contributed by atoms with van der Waals surface area (Å²) in [5, 5.41) is 13.0. The van der Waals surface area contributed by atoms with E-state index >= 15 is 0 Å². The third-order valence-electron chi connectivity index (χ3n) is 4.14. The molecule has 0 aromatic rings. The Kier molecular flexibility index (Phi) is 27.6. The maximum Gasteiger partial charge on any atom is 0.386 e. The largest absolute Gasteiger partial charge is 0.555 e. The highest BCUT2D eigenvalue weighted by atomic mass is 35.5. The number of esters is 4. The molecule has 0 fully saturated rings. The van der Waals surface area contributed by atoms with E-state index in [9.17, 15) is 24.0 Å². The second-order valence-electron chi connectivity index (χ2n) is 9.60. The van der Waals surface area contributed by atoms with E-state index in [0.29, 0.717) is 12.8 Å². The van der Waals surface area contributed by atoms with E-state index in [2.05, 4.69) is 23.5 Å². The number of ether oxygens (including phenoxy) is 3. The summed E-state index contributed by atoms with van der Waals surface area (Å²) in [6.45, 7) is 12.1. The van der Waals surface area contributed by atoms with E-state index in [0.717, 1.165) is 13.9 Å². The minimum absolute atomic E-state index is 0.0662. The second kappa shape index (κ2) is 25.5. The van der Waals surface area contributed by atoms with Crippen molar-refractivity contribution in [2.24, 2.45) is 10.8 Å². The smallest absolute Gasteiger partial charge is 0.386 e. The SMILES string of the molecule is CC(C)(C)C(=O)Cl.CCC([B]OC=N)C(=O)OC.COC(=O)C([B]OC=N)CCC(=O)OC(=O)C(C)(C)C.O=C=O. The van der Waals surface area contributed by atoms with Gasteiger partial charge in [-0.3, -0.25) is 34.8 Å². The van der Waals surface area contributed by atoms with Gasteiger partial charge in [0.15, 0.2) is 0 Å². The highest BCUT2D eigenvalue weighted by molar-refractivity contribution is 6.64. The first-order valence-corrected chi connectivity index (χ1v) is 12.3. The number of methoxy groups -OCH3 is 2. The summed E-state index contributed by atoms with van der Waals surface area (Å²) in [6, 6.07) is 0. The van der Waals surface area contributed by atoms with Crippen molar-refractivity contribution in [3.8, 4) is 0 Å². The molecule has 0 aliphatic carbocycles. The van der Waals surface area contributed by atoms with Crippen LogP contribution in [0.25, 0.3) is 0 Å². The fourth-order valence-electron chi connectivity index (χ4n) is 1.71. The van der Waals surface area contributed by atoms with E-state index in [1.807, 2.05) is 6.92 Å². The molecule has 0 aromatic heterocycles. The molecule has 17 heteroatoms. The van der Waals surface area contributed by atoms with E-state index in [1.165, 1.54) is 21.7 Å². The van der Waals surface area contributed by atoms with Gasteiger partial charge in [-0.15, -0.1) is 0 Å². The first-order chi connectivity index (χ1) is 18.8. The zero-order valence-corrected chi connectivity index (χ0v) is 25.6. The zero-order valence-electron chi connectivity index (χ0n) is 24.9. The molecule has 2 unspecified atom stereocenters. The fraction of sp³-hybridized carbons (Fsp3) is 0.667. The Morgan fingerprint density at radius 3 is 1.49 bits per heavy atom. The van der Waals surface area contributed by atoms with Crippen molar-refractivity contribution in [3.63, 3.8) is 0 Å². The Morgan fingerprint density at radius 1 is 0.829 bits per heavy atom. The van der Waals surface area contributed by atoms with Gasteiger partial charge in [-0.2, -0.15) is 9.59 Å². The van der Waals surface area contributed by atoms with Gasteiger partial charge < -0.3 is 23.5 Å². The van der Waals surface area contributed by atoms with Gasteiger partial charge in [0, 0.05) is 11.8 Å². The summed E-state index contributed by atoms with van der Waals surface area (Å²) in [7, 11) is 4.91. The van der Waals surface area contributed by atoms with E-state index in [4.69, 9.17) is 32.0 Å². The monoisotopic (exact) mass is 604 g/mol. The Bertz CT molecular complexity index is 868. The van der Waals surface area contributed by atoms with Crippen LogP contribution in [0.5, 0.6) is 0 Å². The highest BCUT2D eigenvalue weighted by Crippen LogP contribution is 2.18. The topological polar surface area (TPSA) is 213 Å². The van der Waals surface area contributed by atoms with E-state index in [1.54, 1.807) is 41.5 Å². The molecule has 2 atom stereocenters. The normalized spacial score (nSPS) is 11.1. The minimum atomic E-state index is -0.807. The van der Waals surface area contributed by atoms with Crippen molar-refractivity contribution in [3.05, 3.63) is 0 Å². The second-order valence-corrected chi connectivity index (χ2v) is 9.95. The van der Waals surface area contributed by atoms with Crippen molar-refractivity contribution >= 4 is 74.6 Å². The van der Waals surface area contributed by atoms with Crippen LogP contribution in [0.2, 0.25) is 11.6 Å². The van der Waals surface area contributed by atoms with Crippen LogP contribution in [0.15, 0.2) is 0 Å². The number of carbonyl (C=O) groups excluding carboxylic acids is 7. The first-order valence-electron chi connectivity index (χ1n) is 11.9. The molecule has 14 nitrogen and oxygen atoms in total. The van der Waals surface area contributed by atoms with Gasteiger partial charge in [0.2, 0.25) is 5.24 Å². The summed E-state index contributed by atoms with van der Waals surface area (Å²) in [5.41, 5.74) is -1.14. The van der Waals surface area contributed by atoms with Gasteiger partial charge in [-0.25, -0.2) is 0 Å². The van der Waals surface area contributed by atoms with Crippen LogP contribution in [0.1, 0.15) is 67.7 Å². The number of nitrogens with one attached hydrogen (secondary N) is 2. The van der Waals surface area contributed by atoms with Crippen LogP contribution in [-0.2, 0) is 57.1 Å². The fourth-order valence-corrected chi connectivity index (χ4v) is 1.71. The molecule has 0 heterocycles. The lowest BCUT2D eigenvalue weighted by Crippen LogP contribution is -2.26. The zero-order chi connectivity index (χ0) is 33.2. The standard InChI is InChI=1S/C12H19BNO6.C6H11BNO3.C5H9ClO.CO2/c1-12(2,3)11(17)20-9(15)6-5-8(10(16)18-4)13-19-7-14;1-3-5(6(9)10-2)7-11-4-8;1-5(2,3)4(6)7;2-1-3/h7-8,14H,5-6H2,1-4H3;4-5,8H,3H2,1-2H3;1-3H3;. The quantitative estimate of drug-likeness (QED) is 0.0626. The molecular formula is C24H39B2ClN2O12. The lowest BCUT2D eigenvalue weighted by molar-refractivity contribution is -0.192. The third-order valence-corrected chi connectivity index (χ3v) is 4.70. The summed E-state index contributed by atoms with van der Waals surface area (Å²) in [5.74, 6) is -3.46. The molecule has 0 spiro atoms. The van der Waals surface area contributed by atoms with Gasteiger partial charge in [0.05, 0.1) is 31.3 Å². The molecule has 0 saturated heterocycles. The molecular weight excluding hydrogens is 565 g/mol. The van der Waals surface area contributed by atoms with Crippen LogP contribution in [0, 0.1) is 21.6 Å². The molecule has 2 N–H and O–H groups in total. The Labute approximate surface area is 247 Å². The summed E-state index contributed by atoms with van der Waals surface area (Å²) in [6.07, 6.45) is 2.21. The molecule has 0 amide bonds. The van der Waals surface area contributed by atoms with E-state index in [-0.39, 0.29) is 41.4 Å². The molecule has 230 valence electrons. The number of hydrogen-bond donors (Lipinski definition) is 2. The first kappa shape index (κ1) is 44.5. The van der Waals surface area contributed by atoms with Crippen LogP contribution in [-0.4, -0.2) is 77.3 Å². The molecule has 0 saturated carbocycles. The third kappa shape index (κ3) is 27.8. The van der Waals surface area contributed by atoms with Crippen LogP contribution in [0.3, 0.4) is 0 Å². The van der Waals surface area contributed by atoms with Crippen molar-refractivity contribution in [1.82, 2.24) is 0 Å². The van der Waals surface area contributed by atoms with Crippen molar-refractivity contribution < 1.29 is 57.1 Å². The molecule has 41 heavy (non-hydrogen) atoms. The van der Waals surface area contributed by atoms with E-state index < -0.39 is 29.1 Å². The summed E-state index contributed by atoms with van der Waals surface area (Å²) < 4.78 is 22.8. The van der Waals surface area contributed by atoms with Crippen LogP contribution in [0.4, 0.5) is 0 Å². The average Bonchev–Trinajstić information content (AvgIpc) is 2.88. The van der Waals surface area contributed by atoms with Crippen molar-refractivity contribution in [1.29, 1.82) is 10.8 Å². The summed E-state index contributed by atoms with van der Waals surface area (Å²) >= 11 is 5.11. The molecule has 2 radical (unpaired) electrons. The molecule has 0 aliphatic heterocycles. The molecule has 0 aromatic carbocycles. The van der Waals surface area contributed by atoms with Gasteiger partial charge in [-0.05, 0) is 45.2 Å². The number of rotatable bonds is 12. The Hall–Kier alpha value is -3.51. The minimum Gasteiger partial charge on any atom is -0.555 e. The van der Waals surface area contributed by atoms with Crippen molar-refractivity contribution in [2.75, 3.05) is 14.2 Å². The maximum absolute atomic E-state index is 11.5. The maximum atomic E-state index is 11.5. The lowest BCUT2D eigenvalue weighted by atomic mass is 9.77. The van der Waals surface area contributed by atoms with Crippen LogP contribution >= 0.6 is 11.6 Å². The van der Waals surface area contributed by atoms with Gasteiger partial charge in [0.1, 0.15) is 12.8 Å². The predicted octanol–water partition coefficient (Wildman–Crippen LogP) is 2.90. The Morgan fingerprint density at radius 2 is 1.20 bits per heavy atom. The predicted molar refractivity (Wildman–Crippen MR) is 148 cm³/mol. The number of hydrogen-bond acceptors (Lipinski definition) is 14. The lowest BCUT2D eigenvalue weighted by Gasteiger charge is -2.16. The van der Waals surface area contributed by atoms with Crippen LogP contribution < -0.4 is 0 Å². The van der Waals surface area contributed by atoms with Gasteiger partial charge >= 0.3 is 45.0 Å². The highest BCUT2D eigenvalue weighted by Gasteiger charge is 2.28. The summed E-state index contributed by atoms with van der Waals surface area (Å²) in [4.78, 5) is 71.7. The number of carbonyl (C=O) groups is 5. The number of halogens is 1. The van der Waals surface area contributed by atoms with Gasteiger partial charge in [-0.1, -0.05) is 27.7 Å².